The Morgan fingerprint density at radius 2 is 2.00 bits per heavy atom. The maximum atomic E-state index is 13.1. The highest BCUT2D eigenvalue weighted by Gasteiger charge is 2.48. The molecule has 0 unspecified atom stereocenters. The molecular weight excluding hydrogens is 406 g/mol. The van der Waals surface area contributed by atoms with Crippen LogP contribution in [-0.4, -0.2) is 56.2 Å². The molecule has 0 aliphatic carbocycles. The molecule has 0 saturated carbocycles. The lowest BCUT2D eigenvalue weighted by molar-refractivity contribution is -0.157. The van der Waals surface area contributed by atoms with Crippen LogP contribution in [0.4, 0.5) is 0 Å². The minimum Gasteiger partial charge on any atom is -0.469 e. The standard InChI is InChI=1S/C18H20BrNO6/c1-10(17(22)24-2)14-12-9-11(19)3-4-13(12)26-18(23)15(14)16(21)20-5-7-25-8-6-20/h3-4,9-10,14-15H,5-8H2,1-2H3/t10-,14+,15-/m0/s1. The summed E-state index contributed by atoms with van der Waals surface area (Å²) in [6.45, 7) is 3.33. The number of esters is 2. The summed E-state index contributed by atoms with van der Waals surface area (Å²) in [5, 5.41) is 0. The van der Waals surface area contributed by atoms with Crippen LogP contribution < -0.4 is 4.74 Å². The van der Waals surface area contributed by atoms with Crippen molar-refractivity contribution in [3.63, 3.8) is 0 Å². The first-order chi connectivity index (χ1) is 12.4. The number of rotatable bonds is 3. The van der Waals surface area contributed by atoms with E-state index in [1.807, 2.05) is 0 Å². The van der Waals surface area contributed by atoms with Gasteiger partial charge in [-0.3, -0.25) is 14.4 Å². The molecule has 0 aromatic heterocycles. The summed E-state index contributed by atoms with van der Waals surface area (Å²) in [6, 6.07) is 5.19. The van der Waals surface area contributed by atoms with Crippen molar-refractivity contribution in [2.24, 2.45) is 11.8 Å². The Kier molecular flexibility index (Phi) is 5.62. The van der Waals surface area contributed by atoms with Crippen LogP contribution in [0.25, 0.3) is 0 Å². The van der Waals surface area contributed by atoms with E-state index in [0.29, 0.717) is 37.6 Å². The number of hydrogen-bond donors (Lipinski definition) is 0. The number of carbonyl (C=O) groups excluding carboxylic acids is 3. The summed E-state index contributed by atoms with van der Waals surface area (Å²) in [6.07, 6.45) is 0. The SMILES string of the molecule is COC(=O)[C@@H](C)[C@@H]1c2cc(Br)ccc2OC(=O)[C@@H]1C(=O)N1CCOCC1. The smallest absolute Gasteiger partial charge is 0.324 e. The molecule has 3 rings (SSSR count). The van der Waals surface area contributed by atoms with Crippen molar-refractivity contribution in [2.45, 2.75) is 12.8 Å². The Morgan fingerprint density at radius 3 is 2.65 bits per heavy atom. The lowest BCUT2D eigenvalue weighted by Crippen LogP contribution is -2.50. The van der Waals surface area contributed by atoms with Crippen molar-refractivity contribution in [2.75, 3.05) is 33.4 Å². The number of nitrogens with zero attached hydrogens (tertiary/aromatic N) is 1. The summed E-state index contributed by atoms with van der Waals surface area (Å²) >= 11 is 3.40. The molecule has 1 amide bonds. The molecule has 1 saturated heterocycles. The zero-order chi connectivity index (χ0) is 18.8. The average Bonchev–Trinajstić information content (AvgIpc) is 2.66. The molecule has 26 heavy (non-hydrogen) atoms. The van der Waals surface area contributed by atoms with Gasteiger partial charge in [-0.1, -0.05) is 22.9 Å². The highest BCUT2D eigenvalue weighted by molar-refractivity contribution is 9.10. The third-order valence-electron chi connectivity index (χ3n) is 4.86. The van der Waals surface area contributed by atoms with Crippen molar-refractivity contribution >= 4 is 33.8 Å². The number of hydrogen-bond acceptors (Lipinski definition) is 6. The number of morpholine rings is 1. The third kappa shape index (κ3) is 3.48. The van der Waals surface area contributed by atoms with Crippen LogP contribution in [0.3, 0.4) is 0 Å². The summed E-state index contributed by atoms with van der Waals surface area (Å²) in [7, 11) is 1.29. The number of fused-ring (bicyclic) bond motifs is 1. The lowest BCUT2D eigenvalue weighted by atomic mass is 9.75. The monoisotopic (exact) mass is 425 g/mol. The van der Waals surface area contributed by atoms with Crippen LogP contribution >= 0.6 is 15.9 Å². The Morgan fingerprint density at radius 1 is 1.31 bits per heavy atom. The molecule has 0 N–H and O–H groups in total. The van der Waals surface area contributed by atoms with E-state index in [0.717, 1.165) is 4.47 Å². The second kappa shape index (κ2) is 7.75. The van der Waals surface area contributed by atoms with E-state index >= 15 is 0 Å². The van der Waals surface area contributed by atoms with E-state index in [-0.39, 0.29) is 5.91 Å². The van der Waals surface area contributed by atoms with Crippen LogP contribution in [0, 0.1) is 11.8 Å². The molecule has 8 heteroatoms. The van der Waals surface area contributed by atoms with E-state index < -0.39 is 29.7 Å². The van der Waals surface area contributed by atoms with Gasteiger partial charge < -0.3 is 19.1 Å². The van der Waals surface area contributed by atoms with Gasteiger partial charge in [-0.2, -0.15) is 0 Å². The Hall–Kier alpha value is -1.93. The maximum Gasteiger partial charge on any atom is 0.324 e. The largest absolute Gasteiger partial charge is 0.469 e. The van der Waals surface area contributed by atoms with Gasteiger partial charge in [0.1, 0.15) is 11.7 Å². The fourth-order valence-corrected chi connectivity index (χ4v) is 3.87. The van der Waals surface area contributed by atoms with Gasteiger partial charge in [0.25, 0.3) is 0 Å². The Labute approximate surface area is 159 Å². The molecule has 0 spiro atoms. The van der Waals surface area contributed by atoms with Gasteiger partial charge in [-0.25, -0.2) is 0 Å². The summed E-state index contributed by atoms with van der Waals surface area (Å²) in [5.74, 6) is -3.53. The first-order valence-electron chi connectivity index (χ1n) is 8.39. The zero-order valence-electron chi connectivity index (χ0n) is 14.6. The maximum absolute atomic E-state index is 13.1. The van der Waals surface area contributed by atoms with Crippen LogP contribution in [-0.2, 0) is 23.9 Å². The van der Waals surface area contributed by atoms with Gasteiger partial charge in [0.05, 0.1) is 26.2 Å². The molecule has 2 aliphatic heterocycles. The minimum atomic E-state index is -1.09. The van der Waals surface area contributed by atoms with E-state index in [9.17, 15) is 14.4 Å². The van der Waals surface area contributed by atoms with Crippen molar-refractivity contribution < 1.29 is 28.6 Å². The number of methoxy groups -OCH3 is 1. The van der Waals surface area contributed by atoms with Crippen molar-refractivity contribution in [1.82, 2.24) is 4.90 Å². The first kappa shape index (κ1) is 18.8. The fourth-order valence-electron chi connectivity index (χ4n) is 3.50. The van der Waals surface area contributed by atoms with Crippen molar-refractivity contribution in [1.29, 1.82) is 0 Å². The highest BCUT2D eigenvalue weighted by Crippen LogP contribution is 2.44. The van der Waals surface area contributed by atoms with Gasteiger partial charge in [0.15, 0.2) is 0 Å². The van der Waals surface area contributed by atoms with Crippen LogP contribution in [0.2, 0.25) is 0 Å². The van der Waals surface area contributed by atoms with Gasteiger partial charge in [0, 0.05) is 29.0 Å². The van der Waals surface area contributed by atoms with Gasteiger partial charge >= 0.3 is 11.9 Å². The van der Waals surface area contributed by atoms with E-state index in [4.69, 9.17) is 14.2 Å². The van der Waals surface area contributed by atoms with Crippen LogP contribution in [0.15, 0.2) is 22.7 Å². The predicted octanol–water partition coefficient (Wildman–Crippen LogP) is 1.74. The summed E-state index contributed by atoms with van der Waals surface area (Å²) in [4.78, 5) is 39.6. The normalized spacial score (nSPS) is 23.7. The molecule has 7 nitrogen and oxygen atoms in total. The second-order valence-electron chi connectivity index (χ2n) is 6.36. The molecule has 140 valence electrons. The van der Waals surface area contributed by atoms with Crippen molar-refractivity contribution in [3.8, 4) is 5.75 Å². The molecule has 2 heterocycles. The second-order valence-corrected chi connectivity index (χ2v) is 7.27. The van der Waals surface area contributed by atoms with Gasteiger partial charge in [0.2, 0.25) is 5.91 Å². The fraction of sp³-hybridized carbons (Fsp3) is 0.500. The van der Waals surface area contributed by atoms with Crippen molar-refractivity contribution in [3.05, 3.63) is 28.2 Å². The van der Waals surface area contributed by atoms with Gasteiger partial charge in [-0.15, -0.1) is 0 Å². The minimum absolute atomic E-state index is 0.343. The quantitative estimate of drug-likeness (QED) is 0.416. The average molecular weight is 426 g/mol. The number of ether oxygens (including phenoxy) is 3. The zero-order valence-corrected chi connectivity index (χ0v) is 16.2. The number of halogens is 1. The lowest BCUT2D eigenvalue weighted by Gasteiger charge is -2.37. The molecule has 0 radical (unpaired) electrons. The van der Waals surface area contributed by atoms with E-state index in [1.54, 1.807) is 30.0 Å². The molecular formula is C18H20BrNO6. The summed E-state index contributed by atoms with van der Waals surface area (Å²) < 4.78 is 16.3. The molecule has 3 atom stereocenters. The molecule has 1 fully saturated rings. The number of amides is 1. The molecule has 1 aromatic carbocycles. The topological polar surface area (TPSA) is 82.1 Å². The highest BCUT2D eigenvalue weighted by atomic mass is 79.9. The first-order valence-corrected chi connectivity index (χ1v) is 9.19. The van der Waals surface area contributed by atoms with Crippen LogP contribution in [0.5, 0.6) is 5.75 Å². The van der Waals surface area contributed by atoms with E-state index in [1.165, 1.54) is 7.11 Å². The Balaban J connectivity index is 2.03. The predicted molar refractivity (Wildman–Crippen MR) is 94.6 cm³/mol. The molecule has 1 aromatic rings. The number of benzene rings is 1. The number of carbonyl (C=O) groups is 3. The molecule has 2 aliphatic rings. The summed E-state index contributed by atoms with van der Waals surface area (Å²) in [5.41, 5.74) is 0.642. The Bertz CT molecular complexity index is 730. The third-order valence-corrected chi connectivity index (χ3v) is 5.35. The molecule has 0 bridgehead atoms. The van der Waals surface area contributed by atoms with E-state index in [2.05, 4.69) is 15.9 Å². The van der Waals surface area contributed by atoms with Crippen LogP contribution in [0.1, 0.15) is 18.4 Å². The van der Waals surface area contributed by atoms with Gasteiger partial charge in [-0.05, 0) is 18.2 Å².